The van der Waals surface area contributed by atoms with Gasteiger partial charge in [-0.2, -0.15) is 0 Å². The van der Waals surface area contributed by atoms with Gasteiger partial charge in [-0.1, -0.05) is 27.4 Å². The molecule has 0 amide bonds. The molecule has 0 N–H and O–H groups in total. The summed E-state index contributed by atoms with van der Waals surface area (Å²) in [6, 6.07) is 10.6. The summed E-state index contributed by atoms with van der Waals surface area (Å²) in [4.78, 5) is 0. The summed E-state index contributed by atoms with van der Waals surface area (Å²) in [6.07, 6.45) is 0. The molecule has 2 heteroatoms. The second-order valence-electron chi connectivity index (χ2n) is 2.19. The SMILES string of the molecule is Pc1cc2ccccc2s1. The second kappa shape index (κ2) is 2.34. The van der Waals surface area contributed by atoms with Crippen molar-refractivity contribution in [2.24, 2.45) is 0 Å². The first-order chi connectivity index (χ1) is 4.86. The molecular formula is C8H7PS. The molecule has 0 saturated carbocycles. The van der Waals surface area contributed by atoms with Crippen molar-refractivity contribution in [1.29, 1.82) is 0 Å². The number of hydrogen-bond acceptors (Lipinski definition) is 1. The van der Waals surface area contributed by atoms with Gasteiger partial charge in [0.15, 0.2) is 0 Å². The van der Waals surface area contributed by atoms with Crippen molar-refractivity contribution >= 4 is 35.3 Å². The van der Waals surface area contributed by atoms with Crippen molar-refractivity contribution in [2.45, 2.75) is 0 Å². The van der Waals surface area contributed by atoms with Crippen LogP contribution >= 0.6 is 20.6 Å². The summed E-state index contributed by atoms with van der Waals surface area (Å²) in [5, 5.41) is 1.34. The van der Waals surface area contributed by atoms with Crippen molar-refractivity contribution in [1.82, 2.24) is 0 Å². The molecular weight excluding hydrogens is 159 g/mol. The summed E-state index contributed by atoms with van der Waals surface area (Å²) >= 11 is 1.82. The van der Waals surface area contributed by atoms with Crippen molar-refractivity contribution in [3.63, 3.8) is 0 Å². The average Bonchev–Trinajstić information content (AvgIpc) is 2.27. The first-order valence-corrected chi connectivity index (χ1v) is 4.50. The van der Waals surface area contributed by atoms with E-state index in [9.17, 15) is 0 Å². The highest BCUT2D eigenvalue weighted by atomic mass is 32.1. The van der Waals surface area contributed by atoms with Crippen LogP contribution in [-0.4, -0.2) is 0 Å². The Morgan fingerprint density at radius 1 is 1.20 bits per heavy atom. The third-order valence-corrected chi connectivity index (χ3v) is 2.91. The molecule has 10 heavy (non-hydrogen) atoms. The number of thiophene rings is 1. The minimum atomic E-state index is 1.31. The lowest BCUT2D eigenvalue weighted by Gasteiger charge is -1.82. The lowest BCUT2D eigenvalue weighted by molar-refractivity contribution is 1.86. The molecule has 1 unspecified atom stereocenters. The molecule has 1 aromatic heterocycles. The molecule has 0 saturated heterocycles. The van der Waals surface area contributed by atoms with E-state index in [0.29, 0.717) is 0 Å². The van der Waals surface area contributed by atoms with E-state index in [0.717, 1.165) is 0 Å². The Balaban J connectivity index is 2.88. The Morgan fingerprint density at radius 3 is 2.80 bits per heavy atom. The smallest absolute Gasteiger partial charge is 0.0349 e. The van der Waals surface area contributed by atoms with E-state index in [1.54, 1.807) is 0 Å². The van der Waals surface area contributed by atoms with E-state index >= 15 is 0 Å². The third-order valence-electron chi connectivity index (χ3n) is 1.44. The number of benzene rings is 1. The van der Waals surface area contributed by atoms with Crippen LogP contribution in [0.25, 0.3) is 10.1 Å². The summed E-state index contributed by atoms with van der Waals surface area (Å²) in [5.74, 6) is 0. The van der Waals surface area contributed by atoms with Gasteiger partial charge in [0.1, 0.15) is 0 Å². The van der Waals surface area contributed by atoms with Crippen LogP contribution in [-0.2, 0) is 0 Å². The normalized spacial score (nSPS) is 10.5. The molecule has 0 aliphatic carbocycles. The Morgan fingerprint density at radius 2 is 2.00 bits per heavy atom. The van der Waals surface area contributed by atoms with Gasteiger partial charge in [-0.05, 0) is 17.5 Å². The fourth-order valence-electron chi connectivity index (χ4n) is 1.00. The van der Waals surface area contributed by atoms with Crippen LogP contribution in [0.3, 0.4) is 0 Å². The van der Waals surface area contributed by atoms with Crippen molar-refractivity contribution < 1.29 is 0 Å². The number of rotatable bonds is 0. The third kappa shape index (κ3) is 0.960. The van der Waals surface area contributed by atoms with Gasteiger partial charge in [0, 0.05) is 9.32 Å². The van der Waals surface area contributed by atoms with Gasteiger partial charge in [-0.3, -0.25) is 0 Å². The van der Waals surface area contributed by atoms with Crippen LogP contribution in [0.15, 0.2) is 30.3 Å². The highest BCUT2D eigenvalue weighted by Crippen LogP contribution is 2.19. The zero-order chi connectivity index (χ0) is 6.97. The number of hydrogen-bond donors (Lipinski definition) is 0. The molecule has 2 aromatic rings. The van der Waals surface area contributed by atoms with E-state index < -0.39 is 0 Å². The Labute approximate surface area is 66.1 Å². The lowest BCUT2D eigenvalue weighted by Crippen LogP contribution is -1.69. The Bertz CT molecular complexity index is 318. The zero-order valence-corrected chi connectivity index (χ0v) is 7.34. The fraction of sp³-hybridized carbons (Fsp3) is 0. The van der Waals surface area contributed by atoms with Crippen molar-refractivity contribution in [2.75, 3.05) is 0 Å². The predicted molar refractivity (Wildman–Crippen MR) is 51.2 cm³/mol. The number of fused-ring (bicyclic) bond motifs is 1. The minimum absolute atomic E-state index is 1.31. The van der Waals surface area contributed by atoms with Gasteiger partial charge in [0.05, 0.1) is 0 Å². The van der Waals surface area contributed by atoms with Crippen LogP contribution < -0.4 is 4.62 Å². The molecule has 2 rings (SSSR count). The maximum atomic E-state index is 2.72. The molecule has 1 atom stereocenters. The van der Waals surface area contributed by atoms with Gasteiger partial charge in [-0.25, -0.2) is 0 Å². The van der Waals surface area contributed by atoms with Crippen LogP contribution in [0.5, 0.6) is 0 Å². The van der Waals surface area contributed by atoms with E-state index in [4.69, 9.17) is 0 Å². The summed E-state index contributed by atoms with van der Waals surface area (Å²) in [7, 11) is 2.72. The van der Waals surface area contributed by atoms with Gasteiger partial charge < -0.3 is 0 Å². The fourth-order valence-corrected chi connectivity index (χ4v) is 2.39. The standard InChI is InChI=1S/C8H7PS/c9-8-5-6-3-1-2-4-7(6)10-8/h1-5H,9H2. The van der Waals surface area contributed by atoms with Crippen molar-refractivity contribution in [3.8, 4) is 0 Å². The minimum Gasteiger partial charge on any atom is -0.136 e. The highest BCUT2D eigenvalue weighted by molar-refractivity contribution is 7.45. The molecule has 0 nitrogen and oxygen atoms in total. The largest absolute Gasteiger partial charge is 0.136 e. The van der Waals surface area contributed by atoms with E-state index in [1.165, 1.54) is 14.7 Å². The predicted octanol–water partition coefficient (Wildman–Crippen LogP) is 2.40. The van der Waals surface area contributed by atoms with Crippen molar-refractivity contribution in [3.05, 3.63) is 30.3 Å². The molecule has 50 valence electrons. The molecule has 0 radical (unpaired) electrons. The molecule has 0 fully saturated rings. The Kier molecular flexibility index (Phi) is 1.48. The van der Waals surface area contributed by atoms with Crippen LogP contribution in [0, 0.1) is 0 Å². The van der Waals surface area contributed by atoms with Crippen LogP contribution in [0.1, 0.15) is 0 Å². The first-order valence-electron chi connectivity index (χ1n) is 3.10. The van der Waals surface area contributed by atoms with E-state index in [1.807, 2.05) is 11.3 Å². The summed E-state index contributed by atoms with van der Waals surface area (Å²) < 4.78 is 2.67. The highest BCUT2D eigenvalue weighted by Gasteiger charge is 1.93. The summed E-state index contributed by atoms with van der Waals surface area (Å²) in [5.41, 5.74) is 0. The average molecular weight is 166 g/mol. The quantitative estimate of drug-likeness (QED) is 0.527. The monoisotopic (exact) mass is 166 g/mol. The van der Waals surface area contributed by atoms with Gasteiger partial charge in [0.25, 0.3) is 0 Å². The maximum absolute atomic E-state index is 2.72. The molecule has 1 heterocycles. The maximum Gasteiger partial charge on any atom is 0.0349 e. The van der Waals surface area contributed by atoms with Gasteiger partial charge in [-0.15, -0.1) is 11.3 Å². The molecule has 1 aromatic carbocycles. The lowest BCUT2D eigenvalue weighted by atomic mass is 10.3. The van der Waals surface area contributed by atoms with Gasteiger partial charge >= 0.3 is 0 Å². The Hall–Kier alpha value is -0.390. The van der Waals surface area contributed by atoms with E-state index in [2.05, 4.69) is 39.6 Å². The van der Waals surface area contributed by atoms with Crippen LogP contribution in [0.4, 0.5) is 0 Å². The molecule has 0 spiro atoms. The van der Waals surface area contributed by atoms with Crippen LogP contribution in [0.2, 0.25) is 0 Å². The molecule has 0 aliphatic rings. The molecule has 0 bridgehead atoms. The van der Waals surface area contributed by atoms with E-state index in [-0.39, 0.29) is 0 Å². The first kappa shape index (κ1) is 6.33. The summed E-state index contributed by atoms with van der Waals surface area (Å²) in [6.45, 7) is 0. The second-order valence-corrected chi connectivity index (χ2v) is 4.34. The van der Waals surface area contributed by atoms with Gasteiger partial charge in [0.2, 0.25) is 0 Å². The topological polar surface area (TPSA) is 0 Å². The molecule has 0 aliphatic heterocycles. The zero-order valence-electron chi connectivity index (χ0n) is 5.37.